The van der Waals surface area contributed by atoms with Crippen molar-refractivity contribution in [3.8, 4) is 11.8 Å². The van der Waals surface area contributed by atoms with Crippen LogP contribution in [0.2, 0.25) is 0 Å². The van der Waals surface area contributed by atoms with Crippen molar-refractivity contribution in [1.29, 1.82) is 5.26 Å². The molecule has 0 aliphatic carbocycles. The number of nitrogens with zero attached hydrogens (tertiary/aromatic N) is 1. The molecule has 1 aromatic rings. The van der Waals surface area contributed by atoms with Gasteiger partial charge in [-0.15, -0.1) is 0 Å². The van der Waals surface area contributed by atoms with Gasteiger partial charge in [0.15, 0.2) is 0 Å². The maximum Gasteiger partial charge on any atom is 0.126 e. The van der Waals surface area contributed by atoms with Crippen LogP contribution >= 0.6 is 0 Å². The van der Waals surface area contributed by atoms with Crippen molar-refractivity contribution < 1.29 is 9.50 Å². The van der Waals surface area contributed by atoms with Crippen molar-refractivity contribution in [2.75, 3.05) is 0 Å². The molecule has 1 unspecified atom stereocenters. The van der Waals surface area contributed by atoms with Crippen molar-refractivity contribution in [3.05, 3.63) is 29.1 Å². The Hall–Kier alpha value is -1.56. The van der Waals surface area contributed by atoms with E-state index in [1.807, 2.05) is 13.0 Å². The van der Waals surface area contributed by atoms with Crippen molar-refractivity contribution in [2.45, 2.75) is 26.2 Å². The highest BCUT2D eigenvalue weighted by atomic mass is 19.1. The molecular formula is C11H12FNO. The number of nitriles is 1. The van der Waals surface area contributed by atoms with Gasteiger partial charge < -0.3 is 5.11 Å². The lowest BCUT2D eigenvalue weighted by molar-refractivity contribution is 0.461. The van der Waals surface area contributed by atoms with Gasteiger partial charge in [0.05, 0.1) is 12.0 Å². The molecule has 0 aliphatic rings. The Morgan fingerprint density at radius 1 is 1.57 bits per heavy atom. The van der Waals surface area contributed by atoms with E-state index in [-0.39, 0.29) is 11.6 Å². The number of phenolic OH excluding ortho intramolecular Hbond substituents is 1. The largest absolute Gasteiger partial charge is 0.508 e. The Labute approximate surface area is 82.6 Å². The third-order valence-corrected chi connectivity index (χ3v) is 2.25. The molecule has 0 spiro atoms. The topological polar surface area (TPSA) is 44.0 Å². The highest BCUT2D eigenvalue weighted by Crippen LogP contribution is 2.29. The number of phenols is 1. The normalized spacial score (nSPS) is 12.1. The minimum atomic E-state index is -0.440. The van der Waals surface area contributed by atoms with Crippen LogP contribution in [0, 0.1) is 24.1 Å². The summed E-state index contributed by atoms with van der Waals surface area (Å²) in [6.45, 7) is 3.40. The van der Waals surface area contributed by atoms with Crippen molar-refractivity contribution in [1.82, 2.24) is 0 Å². The molecule has 0 amide bonds. The van der Waals surface area contributed by atoms with Gasteiger partial charge in [0.1, 0.15) is 11.6 Å². The van der Waals surface area contributed by atoms with E-state index in [4.69, 9.17) is 5.26 Å². The average molecular weight is 193 g/mol. The van der Waals surface area contributed by atoms with E-state index in [9.17, 15) is 9.50 Å². The van der Waals surface area contributed by atoms with Gasteiger partial charge in [-0.3, -0.25) is 0 Å². The minimum absolute atomic E-state index is 0.00250. The summed E-state index contributed by atoms with van der Waals surface area (Å²) in [5, 5.41) is 18.3. The molecular weight excluding hydrogens is 181 g/mol. The monoisotopic (exact) mass is 193 g/mol. The molecule has 0 fully saturated rings. The summed E-state index contributed by atoms with van der Waals surface area (Å²) in [5.74, 6) is -0.825. The van der Waals surface area contributed by atoms with Crippen LogP contribution in [0.3, 0.4) is 0 Å². The maximum absolute atomic E-state index is 13.2. The lowest BCUT2D eigenvalue weighted by Crippen LogP contribution is -1.96. The van der Waals surface area contributed by atoms with Gasteiger partial charge in [-0.2, -0.15) is 5.26 Å². The summed E-state index contributed by atoms with van der Waals surface area (Å²) < 4.78 is 13.2. The Morgan fingerprint density at radius 2 is 2.21 bits per heavy atom. The zero-order valence-electron chi connectivity index (χ0n) is 8.21. The van der Waals surface area contributed by atoms with Crippen molar-refractivity contribution in [2.24, 2.45) is 0 Å². The highest BCUT2D eigenvalue weighted by Gasteiger charge is 2.14. The summed E-state index contributed by atoms with van der Waals surface area (Å²) in [6, 6.07) is 4.62. The van der Waals surface area contributed by atoms with Crippen LogP contribution in [0.4, 0.5) is 4.39 Å². The quantitative estimate of drug-likeness (QED) is 0.784. The van der Waals surface area contributed by atoms with E-state index in [1.54, 1.807) is 6.92 Å². The minimum Gasteiger partial charge on any atom is -0.508 e. The first-order valence-corrected chi connectivity index (χ1v) is 4.48. The lowest BCUT2D eigenvalue weighted by atomic mass is 9.96. The molecule has 0 saturated carbocycles. The van der Waals surface area contributed by atoms with E-state index in [0.717, 1.165) is 0 Å². The summed E-state index contributed by atoms with van der Waals surface area (Å²) in [5.41, 5.74) is 0.761. The van der Waals surface area contributed by atoms with E-state index in [1.165, 1.54) is 12.1 Å². The first kappa shape index (κ1) is 10.5. The van der Waals surface area contributed by atoms with Crippen LogP contribution in [0.1, 0.15) is 30.4 Å². The first-order chi connectivity index (χ1) is 6.60. The van der Waals surface area contributed by atoms with E-state index in [2.05, 4.69) is 0 Å². The maximum atomic E-state index is 13.2. The summed E-state index contributed by atoms with van der Waals surface area (Å²) in [6.07, 6.45) is 0.562. The SMILES string of the molecule is CCC(C#N)c1cc(F)c(C)cc1O. The van der Waals surface area contributed by atoms with Crippen LogP contribution in [-0.4, -0.2) is 5.11 Å². The Bertz CT molecular complexity index is 382. The van der Waals surface area contributed by atoms with Crippen molar-refractivity contribution in [3.63, 3.8) is 0 Å². The molecule has 0 aromatic heterocycles. The lowest BCUT2D eigenvalue weighted by Gasteiger charge is -2.10. The number of rotatable bonds is 2. The highest BCUT2D eigenvalue weighted by molar-refractivity contribution is 5.41. The van der Waals surface area contributed by atoms with Gasteiger partial charge in [-0.25, -0.2) is 4.39 Å². The molecule has 1 N–H and O–H groups in total. The molecule has 0 bridgehead atoms. The number of benzene rings is 1. The molecule has 1 atom stereocenters. The molecule has 14 heavy (non-hydrogen) atoms. The van der Waals surface area contributed by atoms with Crippen LogP contribution in [0.25, 0.3) is 0 Å². The smallest absolute Gasteiger partial charge is 0.126 e. The molecule has 0 saturated heterocycles. The number of hydrogen-bond donors (Lipinski definition) is 1. The Morgan fingerprint density at radius 3 is 2.71 bits per heavy atom. The predicted molar refractivity (Wildman–Crippen MR) is 51.4 cm³/mol. The fraction of sp³-hybridized carbons (Fsp3) is 0.364. The van der Waals surface area contributed by atoms with Crippen LogP contribution in [-0.2, 0) is 0 Å². The number of aromatic hydroxyl groups is 1. The third-order valence-electron chi connectivity index (χ3n) is 2.25. The molecule has 0 heterocycles. The number of hydrogen-bond acceptors (Lipinski definition) is 2. The summed E-state index contributed by atoms with van der Waals surface area (Å²) in [7, 11) is 0. The van der Waals surface area contributed by atoms with Crippen LogP contribution < -0.4 is 0 Å². The zero-order chi connectivity index (χ0) is 10.7. The fourth-order valence-corrected chi connectivity index (χ4v) is 1.34. The third kappa shape index (κ3) is 1.85. The van der Waals surface area contributed by atoms with Crippen LogP contribution in [0.15, 0.2) is 12.1 Å². The molecule has 0 radical (unpaired) electrons. The molecule has 3 heteroatoms. The summed E-state index contributed by atoms with van der Waals surface area (Å²) in [4.78, 5) is 0. The standard InChI is InChI=1S/C11H12FNO/c1-3-8(6-13)9-5-10(12)7(2)4-11(9)14/h4-5,8,14H,3H2,1-2H3. The van der Waals surface area contributed by atoms with Gasteiger partial charge >= 0.3 is 0 Å². The molecule has 74 valence electrons. The summed E-state index contributed by atoms with van der Waals surface area (Å²) >= 11 is 0. The molecule has 2 nitrogen and oxygen atoms in total. The van der Waals surface area contributed by atoms with Crippen molar-refractivity contribution >= 4 is 0 Å². The van der Waals surface area contributed by atoms with E-state index in [0.29, 0.717) is 17.5 Å². The van der Waals surface area contributed by atoms with Gasteiger partial charge in [0.25, 0.3) is 0 Å². The molecule has 1 aromatic carbocycles. The number of aryl methyl sites for hydroxylation is 1. The Balaban J connectivity index is 3.22. The second kappa shape index (κ2) is 4.10. The zero-order valence-corrected chi connectivity index (χ0v) is 8.21. The number of halogens is 1. The molecule has 1 rings (SSSR count). The first-order valence-electron chi connectivity index (χ1n) is 4.48. The predicted octanol–water partition coefficient (Wildman–Crippen LogP) is 2.86. The Kier molecular flexibility index (Phi) is 3.08. The molecule has 0 aliphatic heterocycles. The van der Waals surface area contributed by atoms with Gasteiger partial charge in [-0.1, -0.05) is 6.92 Å². The fourth-order valence-electron chi connectivity index (χ4n) is 1.34. The van der Waals surface area contributed by atoms with Gasteiger partial charge in [-0.05, 0) is 31.0 Å². The van der Waals surface area contributed by atoms with Gasteiger partial charge in [0.2, 0.25) is 0 Å². The van der Waals surface area contributed by atoms with E-state index >= 15 is 0 Å². The van der Waals surface area contributed by atoms with Crippen LogP contribution in [0.5, 0.6) is 5.75 Å². The average Bonchev–Trinajstić information content (AvgIpc) is 2.15. The second-order valence-electron chi connectivity index (χ2n) is 3.25. The van der Waals surface area contributed by atoms with Gasteiger partial charge in [0, 0.05) is 5.56 Å². The van der Waals surface area contributed by atoms with E-state index < -0.39 is 5.92 Å². The second-order valence-corrected chi connectivity index (χ2v) is 3.25.